The van der Waals surface area contributed by atoms with E-state index < -0.39 is 47.0 Å². The fourth-order valence-corrected chi connectivity index (χ4v) is 2.82. The standard InChI is InChI=1S/C20H16F4N4O3/c1-2-25-17(29)16-18(30)27(11-12-6-3-4-9-15(12)21)19(31)28(26-16)14-8-5-7-13(10-14)20(22,23)24/h3-10H,2,11H2,1H3,(H,25,29). The third-order valence-corrected chi connectivity index (χ3v) is 4.32. The summed E-state index contributed by atoms with van der Waals surface area (Å²) < 4.78 is 54.4. The number of carbonyl (C=O) groups is 1. The number of carbonyl (C=O) groups excluding carboxylic acids is 1. The molecule has 0 atom stereocenters. The lowest BCUT2D eigenvalue weighted by molar-refractivity contribution is -0.137. The fraction of sp³-hybridized carbons (Fsp3) is 0.200. The molecule has 0 saturated heterocycles. The Morgan fingerprint density at radius 1 is 1.10 bits per heavy atom. The highest BCUT2D eigenvalue weighted by atomic mass is 19.4. The van der Waals surface area contributed by atoms with Gasteiger partial charge in [0.25, 0.3) is 11.5 Å². The molecule has 1 amide bonds. The topological polar surface area (TPSA) is 86.0 Å². The zero-order valence-electron chi connectivity index (χ0n) is 16.1. The average Bonchev–Trinajstić information content (AvgIpc) is 2.72. The molecule has 11 heteroatoms. The summed E-state index contributed by atoms with van der Waals surface area (Å²) in [6.45, 7) is 1.17. The summed E-state index contributed by atoms with van der Waals surface area (Å²) >= 11 is 0. The molecule has 0 unspecified atom stereocenters. The van der Waals surface area contributed by atoms with Gasteiger partial charge in [0.1, 0.15) is 5.82 Å². The Morgan fingerprint density at radius 2 is 1.81 bits per heavy atom. The molecule has 0 fully saturated rings. The van der Waals surface area contributed by atoms with Crippen molar-refractivity contribution in [2.24, 2.45) is 0 Å². The lowest BCUT2D eigenvalue weighted by Gasteiger charge is -2.14. The predicted octanol–water partition coefficient (Wildman–Crippen LogP) is 2.35. The SMILES string of the molecule is CCNC(=O)c1nn(-c2cccc(C(F)(F)F)c2)c(=O)n(Cc2ccccc2F)c1=O. The van der Waals surface area contributed by atoms with Gasteiger partial charge in [-0.25, -0.2) is 9.18 Å². The van der Waals surface area contributed by atoms with Crippen LogP contribution in [-0.4, -0.2) is 26.8 Å². The van der Waals surface area contributed by atoms with Crippen molar-refractivity contribution in [2.75, 3.05) is 6.54 Å². The second-order valence-electron chi connectivity index (χ2n) is 6.43. The Balaban J connectivity index is 2.26. The molecule has 1 heterocycles. The van der Waals surface area contributed by atoms with Crippen molar-refractivity contribution in [3.8, 4) is 5.69 Å². The maximum absolute atomic E-state index is 14.1. The largest absolute Gasteiger partial charge is 0.416 e. The highest BCUT2D eigenvalue weighted by Gasteiger charge is 2.31. The van der Waals surface area contributed by atoms with Gasteiger partial charge in [-0.3, -0.25) is 14.2 Å². The van der Waals surface area contributed by atoms with E-state index in [0.717, 1.165) is 18.2 Å². The number of hydrogen-bond donors (Lipinski definition) is 1. The number of aromatic nitrogens is 3. The minimum atomic E-state index is -4.69. The Hall–Kier alpha value is -3.76. The summed E-state index contributed by atoms with van der Waals surface area (Å²) in [7, 11) is 0. The summed E-state index contributed by atoms with van der Waals surface area (Å²) in [5.74, 6) is -1.62. The Kier molecular flexibility index (Phi) is 6.04. The van der Waals surface area contributed by atoms with Gasteiger partial charge in [0.2, 0.25) is 5.69 Å². The first kappa shape index (κ1) is 21.9. The molecule has 0 aliphatic heterocycles. The predicted molar refractivity (Wildman–Crippen MR) is 103 cm³/mol. The summed E-state index contributed by atoms with van der Waals surface area (Å²) in [5.41, 5.74) is -4.32. The van der Waals surface area contributed by atoms with Gasteiger partial charge < -0.3 is 5.32 Å². The Bertz CT molecular complexity index is 1250. The van der Waals surface area contributed by atoms with Crippen LogP contribution in [0.5, 0.6) is 0 Å². The Morgan fingerprint density at radius 3 is 2.45 bits per heavy atom. The number of nitrogens with one attached hydrogen (secondary N) is 1. The summed E-state index contributed by atoms with van der Waals surface area (Å²) in [6, 6.07) is 9.05. The van der Waals surface area contributed by atoms with Crippen LogP contribution in [0.4, 0.5) is 17.6 Å². The van der Waals surface area contributed by atoms with Gasteiger partial charge in [-0.15, -0.1) is 0 Å². The van der Waals surface area contributed by atoms with Gasteiger partial charge in [-0.05, 0) is 31.2 Å². The molecule has 1 N–H and O–H groups in total. The van der Waals surface area contributed by atoms with E-state index in [4.69, 9.17) is 0 Å². The first-order valence-corrected chi connectivity index (χ1v) is 9.07. The van der Waals surface area contributed by atoms with Gasteiger partial charge in [0.05, 0.1) is 17.8 Å². The van der Waals surface area contributed by atoms with Crippen molar-refractivity contribution in [1.82, 2.24) is 19.7 Å². The lowest BCUT2D eigenvalue weighted by Crippen LogP contribution is -2.46. The number of rotatable bonds is 5. The van der Waals surface area contributed by atoms with Crippen LogP contribution in [0.15, 0.2) is 58.1 Å². The molecular weight excluding hydrogens is 420 g/mol. The van der Waals surface area contributed by atoms with Crippen LogP contribution in [0.25, 0.3) is 5.69 Å². The molecule has 0 spiro atoms. The smallest absolute Gasteiger partial charge is 0.351 e. The van der Waals surface area contributed by atoms with Crippen LogP contribution in [0, 0.1) is 5.82 Å². The zero-order chi connectivity index (χ0) is 22.8. The molecule has 3 rings (SSSR count). The van der Waals surface area contributed by atoms with Gasteiger partial charge in [0.15, 0.2) is 0 Å². The molecule has 3 aromatic rings. The van der Waals surface area contributed by atoms with Crippen LogP contribution >= 0.6 is 0 Å². The van der Waals surface area contributed by atoms with Crippen molar-refractivity contribution in [2.45, 2.75) is 19.6 Å². The van der Waals surface area contributed by atoms with Crippen molar-refractivity contribution in [1.29, 1.82) is 0 Å². The number of amides is 1. The van der Waals surface area contributed by atoms with E-state index in [-0.39, 0.29) is 17.8 Å². The highest BCUT2D eigenvalue weighted by molar-refractivity contribution is 5.91. The van der Waals surface area contributed by atoms with E-state index in [9.17, 15) is 31.9 Å². The van der Waals surface area contributed by atoms with Crippen LogP contribution < -0.4 is 16.6 Å². The number of nitrogens with zero attached hydrogens (tertiary/aromatic N) is 3. The quantitative estimate of drug-likeness (QED) is 0.623. The molecule has 0 aliphatic rings. The third-order valence-electron chi connectivity index (χ3n) is 4.32. The second-order valence-corrected chi connectivity index (χ2v) is 6.43. The number of halogens is 4. The minimum Gasteiger partial charge on any atom is -0.351 e. The second kappa shape index (κ2) is 8.54. The number of hydrogen-bond acceptors (Lipinski definition) is 4. The first-order valence-electron chi connectivity index (χ1n) is 9.07. The molecule has 1 aromatic heterocycles. The average molecular weight is 436 g/mol. The molecule has 0 aliphatic carbocycles. The molecule has 7 nitrogen and oxygen atoms in total. The van der Waals surface area contributed by atoms with Crippen molar-refractivity contribution in [3.63, 3.8) is 0 Å². The van der Waals surface area contributed by atoms with Gasteiger partial charge >= 0.3 is 11.9 Å². The number of benzene rings is 2. The summed E-state index contributed by atoms with van der Waals surface area (Å²) in [6.07, 6.45) is -4.69. The van der Waals surface area contributed by atoms with Crippen LogP contribution in [0.3, 0.4) is 0 Å². The summed E-state index contributed by atoms with van der Waals surface area (Å²) in [5, 5.41) is 6.06. The zero-order valence-corrected chi connectivity index (χ0v) is 16.1. The molecule has 0 saturated carbocycles. The monoisotopic (exact) mass is 436 g/mol. The first-order chi connectivity index (χ1) is 14.6. The van der Waals surface area contributed by atoms with Crippen molar-refractivity contribution in [3.05, 3.63) is 92.0 Å². The third kappa shape index (κ3) is 4.55. The van der Waals surface area contributed by atoms with E-state index in [1.54, 1.807) is 6.92 Å². The molecule has 31 heavy (non-hydrogen) atoms. The van der Waals surface area contributed by atoms with E-state index in [2.05, 4.69) is 10.4 Å². The highest BCUT2D eigenvalue weighted by Crippen LogP contribution is 2.29. The molecule has 0 radical (unpaired) electrons. The molecule has 0 bridgehead atoms. The van der Waals surface area contributed by atoms with Gasteiger partial charge in [-0.1, -0.05) is 24.3 Å². The molecule has 2 aromatic carbocycles. The summed E-state index contributed by atoms with van der Waals surface area (Å²) in [4.78, 5) is 38.0. The van der Waals surface area contributed by atoms with E-state index in [1.165, 1.54) is 24.3 Å². The van der Waals surface area contributed by atoms with Crippen LogP contribution in [0.1, 0.15) is 28.5 Å². The van der Waals surface area contributed by atoms with Gasteiger partial charge in [-0.2, -0.15) is 23.0 Å². The lowest BCUT2D eigenvalue weighted by atomic mass is 10.2. The van der Waals surface area contributed by atoms with Crippen molar-refractivity contribution < 1.29 is 22.4 Å². The van der Waals surface area contributed by atoms with Gasteiger partial charge in [0, 0.05) is 12.1 Å². The van der Waals surface area contributed by atoms with E-state index in [0.29, 0.717) is 15.3 Å². The maximum atomic E-state index is 14.1. The van der Waals surface area contributed by atoms with E-state index in [1.807, 2.05) is 0 Å². The van der Waals surface area contributed by atoms with Crippen LogP contribution in [0.2, 0.25) is 0 Å². The maximum Gasteiger partial charge on any atom is 0.416 e. The minimum absolute atomic E-state index is 0.0228. The Labute approximate surface area is 172 Å². The van der Waals surface area contributed by atoms with E-state index >= 15 is 0 Å². The molecular formula is C20H16F4N4O3. The number of alkyl halides is 3. The molecule has 162 valence electrons. The van der Waals surface area contributed by atoms with Crippen molar-refractivity contribution >= 4 is 5.91 Å². The normalized spacial score (nSPS) is 11.4. The van der Waals surface area contributed by atoms with Crippen LogP contribution in [-0.2, 0) is 12.7 Å². The fourth-order valence-electron chi connectivity index (χ4n) is 2.82.